The number of rotatable bonds is 6. The van der Waals surface area contributed by atoms with Gasteiger partial charge in [0.05, 0.1) is 22.5 Å². The average molecular weight is 416 g/mol. The van der Waals surface area contributed by atoms with Crippen LogP contribution in [0, 0.1) is 6.92 Å². The van der Waals surface area contributed by atoms with Gasteiger partial charge in [0.15, 0.2) is 10.9 Å². The Morgan fingerprint density at radius 1 is 0.967 bits per heavy atom. The lowest BCUT2D eigenvalue weighted by atomic mass is 10.1. The molecule has 0 aliphatic rings. The fraction of sp³-hybridized carbons (Fsp3) is 0.125. The molecule has 0 fully saturated rings. The summed E-state index contributed by atoms with van der Waals surface area (Å²) in [6.45, 7) is 3.54. The molecule has 3 aromatic carbocycles. The van der Waals surface area contributed by atoms with Gasteiger partial charge in [0.1, 0.15) is 0 Å². The number of carbonyl (C=O) groups excluding carboxylic acids is 2. The van der Waals surface area contributed by atoms with Crippen molar-refractivity contribution in [2.75, 3.05) is 11.1 Å². The van der Waals surface area contributed by atoms with Crippen molar-refractivity contribution in [3.63, 3.8) is 0 Å². The molecule has 0 saturated carbocycles. The molecule has 1 N–H and O–H groups in total. The molecule has 30 heavy (non-hydrogen) atoms. The van der Waals surface area contributed by atoms with E-state index in [1.807, 2.05) is 24.3 Å². The number of hydrogen-bond donors (Lipinski definition) is 1. The van der Waals surface area contributed by atoms with Crippen LogP contribution in [0.1, 0.15) is 22.8 Å². The quantitative estimate of drug-likeness (QED) is 0.344. The van der Waals surface area contributed by atoms with Crippen LogP contribution >= 0.6 is 11.8 Å². The van der Waals surface area contributed by atoms with Gasteiger partial charge in [-0.05, 0) is 50.2 Å². The number of benzene rings is 3. The number of para-hydroxylation sites is 3. The summed E-state index contributed by atoms with van der Waals surface area (Å²) in [6, 6.07) is 23.2. The van der Waals surface area contributed by atoms with E-state index in [0.717, 1.165) is 21.9 Å². The van der Waals surface area contributed by atoms with Crippen LogP contribution in [0.2, 0.25) is 0 Å². The molecule has 0 radical (unpaired) electrons. The number of nitrogens with one attached hydrogen (secondary N) is 1. The first-order valence-corrected chi connectivity index (χ1v) is 10.6. The zero-order valence-corrected chi connectivity index (χ0v) is 17.6. The average Bonchev–Trinajstić information content (AvgIpc) is 3.11. The van der Waals surface area contributed by atoms with E-state index in [4.69, 9.17) is 4.98 Å². The number of aryl methyl sites for hydroxylation is 1. The van der Waals surface area contributed by atoms with Gasteiger partial charge in [-0.2, -0.15) is 0 Å². The summed E-state index contributed by atoms with van der Waals surface area (Å²) in [5.74, 6) is -0.0857. The minimum Gasteiger partial charge on any atom is -0.325 e. The summed E-state index contributed by atoms with van der Waals surface area (Å²) in [5, 5.41) is 3.59. The van der Waals surface area contributed by atoms with Gasteiger partial charge in [-0.3, -0.25) is 14.2 Å². The minimum absolute atomic E-state index is 0.0836. The highest BCUT2D eigenvalue weighted by molar-refractivity contribution is 7.99. The van der Waals surface area contributed by atoms with Crippen molar-refractivity contribution in [1.82, 2.24) is 9.55 Å². The van der Waals surface area contributed by atoms with Gasteiger partial charge in [0.2, 0.25) is 5.91 Å². The number of aromatic nitrogens is 2. The summed E-state index contributed by atoms with van der Waals surface area (Å²) in [7, 11) is 0. The highest BCUT2D eigenvalue weighted by Gasteiger charge is 2.15. The van der Waals surface area contributed by atoms with E-state index < -0.39 is 0 Å². The van der Waals surface area contributed by atoms with Crippen molar-refractivity contribution in [3.05, 3.63) is 83.9 Å². The number of anilines is 1. The lowest BCUT2D eigenvalue weighted by molar-refractivity contribution is -0.113. The number of Topliss-reactive ketones (excluding diaryl/α,β-unsaturated/α-hetero) is 1. The highest BCUT2D eigenvalue weighted by atomic mass is 32.2. The Bertz CT molecular complexity index is 1230. The zero-order valence-electron chi connectivity index (χ0n) is 16.8. The Morgan fingerprint density at radius 3 is 2.43 bits per heavy atom. The standard InChI is InChI=1S/C24H21N3O2S/c1-16-11-13-18(14-12-16)27-22-10-6-5-9-21(22)26-24(27)30-15-23(29)25-20-8-4-3-7-19(20)17(2)28/h3-14H,15H2,1-2H3,(H,25,29). The number of imidazole rings is 1. The van der Waals surface area contributed by atoms with E-state index >= 15 is 0 Å². The molecule has 0 atom stereocenters. The van der Waals surface area contributed by atoms with Crippen molar-refractivity contribution in [3.8, 4) is 5.69 Å². The highest BCUT2D eigenvalue weighted by Crippen LogP contribution is 2.28. The van der Waals surface area contributed by atoms with Crippen molar-refractivity contribution in [2.24, 2.45) is 0 Å². The largest absolute Gasteiger partial charge is 0.325 e. The van der Waals surface area contributed by atoms with Gasteiger partial charge in [0.25, 0.3) is 0 Å². The Hall–Kier alpha value is -3.38. The molecule has 4 rings (SSSR count). The molecule has 1 heterocycles. The smallest absolute Gasteiger partial charge is 0.234 e. The summed E-state index contributed by atoms with van der Waals surface area (Å²) in [6.07, 6.45) is 0. The zero-order chi connectivity index (χ0) is 21.1. The maximum Gasteiger partial charge on any atom is 0.234 e. The molecule has 0 aliphatic heterocycles. The van der Waals surface area contributed by atoms with Crippen LogP contribution < -0.4 is 5.32 Å². The van der Waals surface area contributed by atoms with E-state index in [0.29, 0.717) is 11.3 Å². The van der Waals surface area contributed by atoms with Gasteiger partial charge >= 0.3 is 0 Å². The molecule has 1 aromatic heterocycles. The number of ketones is 1. The van der Waals surface area contributed by atoms with E-state index in [9.17, 15) is 9.59 Å². The van der Waals surface area contributed by atoms with Crippen LogP contribution in [0.4, 0.5) is 5.69 Å². The lowest BCUT2D eigenvalue weighted by Crippen LogP contribution is -2.16. The molecule has 0 aliphatic carbocycles. The Morgan fingerprint density at radius 2 is 1.67 bits per heavy atom. The molecule has 0 bridgehead atoms. The van der Waals surface area contributed by atoms with Crippen molar-refractivity contribution in [2.45, 2.75) is 19.0 Å². The van der Waals surface area contributed by atoms with Crippen LogP contribution in [-0.2, 0) is 4.79 Å². The summed E-state index contributed by atoms with van der Waals surface area (Å²) in [5.41, 5.74) is 5.08. The van der Waals surface area contributed by atoms with Gasteiger partial charge in [0, 0.05) is 11.3 Å². The fourth-order valence-electron chi connectivity index (χ4n) is 3.26. The molecule has 5 nitrogen and oxygen atoms in total. The Balaban J connectivity index is 1.59. The lowest BCUT2D eigenvalue weighted by Gasteiger charge is -2.11. The minimum atomic E-state index is -0.184. The number of hydrogen-bond acceptors (Lipinski definition) is 4. The van der Waals surface area contributed by atoms with E-state index in [1.54, 1.807) is 24.3 Å². The Labute approximate surface area is 179 Å². The molecule has 150 valence electrons. The van der Waals surface area contributed by atoms with Crippen molar-refractivity contribution < 1.29 is 9.59 Å². The molecule has 4 aromatic rings. The van der Waals surface area contributed by atoms with Crippen LogP contribution in [0.5, 0.6) is 0 Å². The van der Waals surface area contributed by atoms with Gasteiger partial charge < -0.3 is 5.32 Å². The van der Waals surface area contributed by atoms with Crippen LogP contribution in [-0.4, -0.2) is 27.0 Å². The van der Waals surface area contributed by atoms with Gasteiger partial charge in [-0.1, -0.05) is 53.7 Å². The second kappa shape index (κ2) is 8.55. The maximum atomic E-state index is 12.6. The van der Waals surface area contributed by atoms with Gasteiger partial charge in [-0.25, -0.2) is 4.98 Å². The van der Waals surface area contributed by atoms with Crippen molar-refractivity contribution in [1.29, 1.82) is 0 Å². The molecule has 0 unspecified atom stereocenters. The van der Waals surface area contributed by atoms with E-state index in [-0.39, 0.29) is 17.4 Å². The molecular weight excluding hydrogens is 394 g/mol. The second-order valence-electron chi connectivity index (χ2n) is 6.99. The summed E-state index contributed by atoms with van der Waals surface area (Å²) < 4.78 is 2.07. The number of nitrogens with zero attached hydrogens (tertiary/aromatic N) is 2. The predicted molar refractivity (Wildman–Crippen MR) is 122 cm³/mol. The summed E-state index contributed by atoms with van der Waals surface area (Å²) >= 11 is 1.37. The predicted octanol–water partition coefficient (Wildman–Crippen LogP) is 5.27. The Kier molecular flexibility index (Phi) is 5.68. The molecule has 0 spiro atoms. The number of fused-ring (bicyclic) bond motifs is 1. The second-order valence-corrected chi connectivity index (χ2v) is 7.94. The van der Waals surface area contributed by atoms with E-state index in [1.165, 1.54) is 24.2 Å². The normalized spacial score (nSPS) is 10.9. The monoisotopic (exact) mass is 415 g/mol. The molecule has 0 saturated heterocycles. The number of carbonyl (C=O) groups is 2. The summed E-state index contributed by atoms with van der Waals surface area (Å²) in [4.78, 5) is 29.1. The van der Waals surface area contributed by atoms with E-state index in [2.05, 4.69) is 41.1 Å². The third kappa shape index (κ3) is 4.14. The number of amides is 1. The first-order valence-electron chi connectivity index (χ1n) is 9.60. The van der Waals surface area contributed by atoms with Gasteiger partial charge in [-0.15, -0.1) is 0 Å². The SMILES string of the molecule is CC(=O)c1ccccc1NC(=O)CSc1nc2ccccc2n1-c1ccc(C)cc1. The molecular formula is C24H21N3O2S. The first kappa shape index (κ1) is 19.9. The molecule has 6 heteroatoms. The van der Waals surface area contributed by atoms with Crippen LogP contribution in [0.15, 0.2) is 78.0 Å². The van der Waals surface area contributed by atoms with Crippen LogP contribution in [0.25, 0.3) is 16.7 Å². The third-order valence-corrected chi connectivity index (χ3v) is 5.67. The molecule has 1 amide bonds. The van der Waals surface area contributed by atoms with Crippen molar-refractivity contribution >= 4 is 40.2 Å². The van der Waals surface area contributed by atoms with Crippen LogP contribution in [0.3, 0.4) is 0 Å². The maximum absolute atomic E-state index is 12.6. The fourth-order valence-corrected chi connectivity index (χ4v) is 4.09. The first-order chi connectivity index (χ1) is 14.5. The number of thioether (sulfide) groups is 1. The third-order valence-electron chi connectivity index (χ3n) is 4.73. The topological polar surface area (TPSA) is 64.0 Å².